The van der Waals surface area contributed by atoms with Crippen molar-refractivity contribution in [1.29, 1.82) is 0 Å². The molecule has 3 nitrogen and oxygen atoms in total. The Morgan fingerprint density at radius 1 is 1.67 bits per heavy atom. The van der Waals surface area contributed by atoms with Crippen molar-refractivity contribution in [3.8, 4) is 0 Å². The molecule has 1 aromatic rings. The lowest BCUT2D eigenvalue weighted by Crippen LogP contribution is -2.22. The highest BCUT2D eigenvalue weighted by Crippen LogP contribution is 1.95. The second kappa shape index (κ2) is 3.30. The van der Waals surface area contributed by atoms with Crippen molar-refractivity contribution in [2.75, 3.05) is 0 Å². The van der Waals surface area contributed by atoms with Crippen molar-refractivity contribution in [3.63, 3.8) is 0 Å². The Kier molecular flexibility index (Phi) is 2.38. The minimum atomic E-state index is -0.571. The summed E-state index contributed by atoms with van der Waals surface area (Å²) in [6.07, 6.45) is 1.44. The van der Waals surface area contributed by atoms with E-state index in [0.29, 0.717) is 12.8 Å². The fourth-order valence-electron chi connectivity index (χ4n) is 0.940. The number of pyridine rings is 1. The lowest BCUT2D eigenvalue weighted by atomic mass is 10.3. The van der Waals surface area contributed by atoms with Crippen molar-refractivity contribution < 1.29 is 9.18 Å². The van der Waals surface area contributed by atoms with E-state index in [4.69, 9.17) is 0 Å². The summed E-state index contributed by atoms with van der Waals surface area (Å²) < 4.78 is 13.8. The van der Waals surface area contributed by atoms with Crippen LogP contribution in [0.3, 0.4) is 0 Å². The summed E-state index contributed by atoms with van der Waals surface area (Å²) in [4.78, 5) is 21.4. The largest absolute Gasteiger partial charge is 0.312 e. The minimum Gasteiger partial charge on any atom is -0.312 e. The van der Waals surface area contributed by atoms with Gasteiger partial charge in [-0.3, -0.25) is 9.59 Å². The van der Waals surface area contributed by atoms with Gasteiger partial charge in [0.2, 0.25) is 0 Å². The lowest BCUT2D eigenvalue weighted by molar-refractivity contribution is 0.112. The van der Waals surface area contributed by atoms with Gasteiger partial charge >= 0.3 is 0 Å². The molecule has 0 aromatic carbocycles. The average Bonchev–Trinajstić information content (AvgIpc) is 2.08. The topological polar surface area (TPSA) is 39.1 Å². The van der Waals surface area contributed by atoms with Crippen LogP contribution in [0.1, 0.15) is 17.3 Å². The first-order chi connectivity index (χ1) is 5.69. The minimum absolute atomic E-state index is 0.142. The molecule has 0 bridgehead atoms. The molecule has 0 spiro atoms. The van der Waals surface area contributed by atoms with Gasteiger partial charge in [0.15, 0.2) is 6.29 Å². The van der Waals surface area contributed by atoms with E-state index in [-0.39, 0.29) is 5.56 Å². The number of aldehydes is 1. The Bertz CT molecular complexity index is 357. The van der Waals surface area contributed by atoms with E-state index >= 15 is 0 Å². The van der Waals surface area contributed by atoms with E-state index < -0.39 is 11.4 Å². The third-order valence-corrected chi connectivity index (χ3v) is 1.55. The molecule has 1 heterocycles. The highest BCUT2D eigenvalue weighted by molar-refractivity contribution is 5.73. The molecule has 1 aromatic heterocycles. The van der Waals surface area contributed by atoms with E-state index in [0.717, 1.165) is 16.8 Å². The molecule has 0 fully saturated rings. The molecule has 0 saturated heterocycles. The lowest BCUT2D eigenvalue weighted by Gasteiger charge is -2.01. The number of aromatic nitrogens is 1. The maximum absolute atomic E-state index is 12.7. The molecule has 0 aliphatic rings. The molecular formula is C8H8FNO2. The van der Waals surface area contributed by atoms with Crippen LogP contribution in [0.2, 0.25) is 0 Å². The maximum atomic E-state index is 12.7. The van der Waals surface area contributed by atoms with E-state index in [2.05, 4.69) is 0 Å². The van der Waals surface area contributed by atoms with Crippen molar-refractivity contribution in [1.82, 2.24) is 4.57 Å². The van der Waals surface area contributed by atoms with Crippen LogP contribution in [-0.2, 0) is 6.54 Å². The second-order valence-corrected chi connectivity index (χ2v) is 2.32. The van der Waals surface area contributed by atoms with Crippen LogP contribution >= 0.6 is 0 Å². The van der Waals surface area contributed by atoms with Gasteiger partial charge in [-0.15, -0.1) is 0 Å². The number of aryl methyl sites for hydroxylation is 1. The number of nitrogens with zero attached hydrogens (tertiary/aromatic N) is 1. The standard InChI is InChI=1S/C8H8FNO2/c1-2-10-4-7(9)3-6(5-11)8(10)12/h3-5H,2H2,1H3. The Balaban J connectivity index is 3.42. The van der Waals surface area contributed by atoms with E-state index in [1.165, 1.54) is 0 Å². The number of carbonyl (C=O) groups excluding carboxylic acids is 1. The maximum Gasteiger partial charge on any atom is 0.261 e. The van der Waals surface area contributed by atoms with Crippen LogP contribution in [0.4, 0.5) is 4.39 Å². The average molecular weight is 169 g/mol. The zero-order valence-electron chi connectivity index (χ0n) is 6.58. The van der Waals surface area contributed by atoms with Gasteiger partial charge in [0, 0.05) is 12.7 Å². The summed E-state index contributed by atoms with van der Waals surface area (Å²) in [7, 11) is 0. The molecule has 0 radical (unpaired) electrons. The van der Waals surface area contributed by atoms with Crippen LogP contribution in [0.5, 0.6) is 0 Å². The summed E-state index contributed by atoms with van der Waals surface area (Å²) in [5, 5.41) is 0. The van der Waals surface area contributed by atoms with E-state index in [1.54, 1.807) is 6.92 Å². The van der Waals surface area contributed by atoms with Crippen LogP contribution in [0.15, 0.2) is 17.1 Å². The predicted octanol–water partition coefficient (Wildman–Crippen LogP) is 0.820. The monoisotopic (exact) mass is 169 g/mol. The molecule has 0 aliphatic heterocycles. The van der Waals surface area contributed by atoms with Gasteiger partial charge in [0.25, 0.3) is 5.56 Å². The first-order valence-corrected chi connectivity index (χ1v) is 3.54. The summed E-state index contributed by atoms with van der Waals surface area (Å²) in [6.45, 7) is 2.06. The number of carbonyl (C=O) groups is 1. The van der Waals surface area contributed by atoms with Gasteiger partial charge < -0.3 is 4.57 Å². The van der Waals surface area contributed by atoms with Gasteiger partial charge in [0.05, 0.1) is 5.56 Å². The summed E-state index contributed by atoms with van der Waals surface area (Å²) in [5.74, 6) is -0.571. The molecule has 0 amide bonds. The summed E-state index contributed by atoms with van der Waals surface area (Å²) in [5.41, 5.74) is -0.592. The zero-order valence-corrected chi connectivity index (χ0v) is 6.58. The van der Waals surface area contributed by atoms with Gasteiger partial charge in [-0.05, 0) is 13.0 Å². The Labute approximate surface area is 68.4 Å². The fraction of sp³-hybridized carbons (Fsp3) is 0.250. The Hall–Kier alpha value is -1.45. The number of hydrogen-bond donors (Lipinski definition) is 0. The van der Waals surface area contributed by atoms with Gasteiger partial charge in [0.1, 0.15) is 5.82 Å². The van der Waals surface area contributed by atoms with Crippen LogP contribution in [0, 0.1) is 5.82 Å². The van der Waals surface area contributed by atoms with Crippen LogP contribution in [-0.4, -0.2) is 10.9 Å². The predicted molar refractivity (Wildman–Crippen MR) is 41.7 cm³/mol. The fourth-order valence-corrected chi connectivity index (χ4v) is 0.940. The van der Waals surface area contributed by atoms with Gasteiger partial charge in [-0.25, -0.2) is 4.39 Å². The molecule has 0 aliphatic carbocycles. The quantitative estimate of drug-likeness (QED) is 0.615. The van der Waals surface area contributed by atoms with Gasteiger partial charge in [-0.1, -0.05) is 0 Å². The first kappa shape index (κ1) is 8.64. The van der Waals surface area contributed by atoms with Crippen molar-refractivity contribution in [2.45, 2.75) is 13.5 Å². The molecule has 64 valence electrons. The van der Waals surface area contributed by atoms with Crippen LogP contribution in [0.25, 0.3) is 0 Å². The Morgan fingerprint density at radius 3 is 2.83 bits per heavy atom. The first-order valence-electron chi connectivity index (χ1n) is 3.54. The SMILES string of the molecule is CCn1cc(F)cc(C=O)c1=O. The molecule has 0 saturated carbocycles. The second-order valence-electron chi connectivity index (χ2n) is 2.32. The molecule has 1 rings (SSSR count). The third-order valence-electron chi connectivity index (χ3n) is 1.55. The molecule has 0 unspecified atom stereocenters. The van der Waals surface area contributed by atoms with Crippen molar-refractivity contribution in [3.05, 3.63) is 34.0 Å². The number of hydrogen-bond acceptors (Lipinski definition) is 2. The highest BCUT2D eigenvalue weighted by atomic mass is 19.1. The zero-order chi connectivity index (χ0) is 9.14. The number of rotatable bonds is 2. The molecule has 0 atom stereocenters. The van der Waals surface area contributed by atoms with E-state index in [9.17, 15) is 14.0 Å². The molecule has 0 N–H and O–H groups in total. The summed E-state index contributed by atoms with van der Waals surface area (Å²) in [6, 6.07) is 0.932. The highest BCUT2D eigenvalue weighted by Gasteiger charge is 2.03. The smallest absolute Gasteiger partial charge is 0.261 e. The summed E-state index contributed by atoms with van der Waals surface area (Å²) >= 11 is 0. The molecule has 12 heavy (non-hydrogen) atoms. The number of halogens is 1. The van der Waals surface area contributed by atoms with Crippen molar-refractivity contribution >= 4 is 6.29 Å². The molecular weight excluding hydrogens is 161 g/mol. The normalized spacial score (nSPS) is 9.83. The van der Waals surface area contributed by atoms with E-state index in [1.807, 2.05) is 0 Å². The van der Waals surface area contributed by atoms with Gasteiger partial charge in [-0.2, -0.15) is 0 Å². The molecule has 4 heteroatoms. The Morgan fingerprint density at radius 2 is 2.33 bits per heavy atom. The van der Waals surface area contributed by atoms with Crippen molar-refractivity contribution in [2.24, 2.45) is 0 Å². The third kappa shape index (κ3) is 1.42. The van der Waals surface area contributed by atoms with Crippen LogP contribution < -0.4 is 5.56 Å².